The maximum Gasteiger partial charge on any atom is 0.123 e. The van der Waals surface area contributed by atoms with Gasteiger partial charge < -0.3 is 14.5 Å². The quantitative estimate of drug-likeness (QED) is 0.706. The number of hydrogen-bond acceptors (Lipinski definition) is 3. The Bertz CT molecular complexity index is 305. The predicted molar refractivity (Wildman–Crippen MR) is 69.8 cm³/mol. The highest BCUT2D eigenvalue weighted by atomic mass is 16.5. The van der Waals surface area contributed by atoms with Gasteiger partial charge in [-0.05, 0) is 18.4 Å². The number of ether oxygens (including phenoxy) is 1. The van der Waals surface area contributed by atoms with Crippen molar-refractivity contribution in [2.75, 3.05) is 6.61 Å². The zero-order valence-corrected chi connectivity index (χ0v) is 11.5. The van der Waals surface area contributed by atoms with Gasteiger partial charge in [0.15, 0.2) is 0 Å². The lowest BCUT2D eigenvalue weighted by Gasteiger charge is -2.09. The zero-order valence-electron chi connectivity index (χ0n) is 11.5. The van der Waals surface area contributed by atoms with Gasteiger partial charge in [0.2, 0.25) is 0 Å². The van der Waals surface area contributed by atoms with E-state index in [1.807, 2.05) is 6.07 Å². The van der Waals surface area contributed by atoms with Crippen LogP contribution in [0.3, 0.4) is 0 Å². The molecule has 1 N–H and O–H groups in total. The van der Waals surface area contributed by atoms with Crippen LogP contribution in [0, 0.1) is 5.92 Å². The summed E-state index contributed by atoms with van der Waals surface area (Å²) in [4.78, 5) is 0. The number of rotatable bonds is 8. The van der Waals surface area contributed by atoms with Crippen LogP contribution in [0.4, 0.5) is 0 Å². The molecule has 3 heteroatoms. The third kappa shape index (κ3) is 5.89. The van der Waals surface area contributed by atoms with Crippen molar-refractivity contribution in [3.8, 4) is 0 Å². The molecule has 0 aliphatic rings. The van der Waals surface area contributed by atoms with E-state index in [2.05, 4.69) is 33.0 Å². The molecule has 1 aromatic rings. The number of nitrogens with one attached hydrogen (secondary N) is 1. The summed E-state index contributed by atoms with van der Waals surface area (Å²) in [7, 11) is 0. The van der Waals surface area contributed by atoms with Gasteiger partial charge in [-0.2, -0.15) is 0 Å². The largest absolute Gasteiger partial charge is 0.468 e. The van der Waals surface area contributed by atoms with E-state index >= 15 is 0 Å². The van der Waals surface area contributed by atoms with E-state index < -0.39 is 0 Å². The van der Waals surface area contributed by atoms with Crippen molar-refractivity contribution in [1.82, 2.24) is 5.32 Å². The molecule has 0 radical (unpaired) electrons. The van der Waals surface area contributed by atoms with E-state index in [1.54, 1.807) is 6.26 Å². The van der Waals surface area contributed by atoms with Gasteiger partial charge in [-0.25, -0.2) is 0 Å². The van der Waals surface area contributed by atoms with Gasteiger partial charge in [0.25, 0.3) is 0 Å². The number of furan rings is 1. The Kier molecular flexibility index (Phi) is 6.30. The summed E-state index contributed by atoms with van der Waals surface area (Å²) >= 11 is 0. The minimum absolute atomic E-state index is 0.467. The smallest absolute Gasteiger partial charge is 0.123 e. The average Bonchev–Trinajstić information content (AvgIpc) is 2.68. The molecule has 0 aliphatic heterocycles. The van der Waals surface area contributed by atoms with Crippen LogP contribution < -0.4 is 5.32 Å². The first-order valence-corrected chi connectivity index (χ1v) is 6.46. The molecule has 0 aliphatic carbocycles. The SMILES string of the molecule is CC(C)CCOCc1ccoc1CNC(C)C. The normalized spacial score (nSPS) is 11.6. The van der Waals surface area contributed by atoms with Crippen molar-refractivity contribution >= 4 is 0 Å². The van der Waals surface area contributed by atoms with Crippen LogP contribution in [0.1, 0.15) is 45.4 Å². The second-order valence-corrected chi connectivity index (χ2v) is 5.14. The Balaban J connectivity index is 2.30. The van der Waals surface area contributed by atoms with Crippen LogP contribution in [-0.2, 0) is 17.9 Å². The van der Waals surface area contributed by atoms with Gasteiger partial charge >= 0.3 is 0 Å². The van der Waals surface area contributed by atoms with E-state index in [-0.39, 0.29) is 0 Å². The monoisotopic (exact) mass is 239 g/mol. The summed E-state index contributed by atoms with van der Waals surface area (Å²) in [5.74, 6) is 1.68. The molecule has 0 spiro atoms. The molecule has 0 amide bonds. The molecule has 3 nitrogen and oxygen atoms in total. The first-order chi connectivity index (χ1) is 8.09. The molecule has 1 heterocycles. The molecule has 0 saturated carbocycles. The summed E-state index contributed by atoms with van der Waals surface area (Å²) in [6, 6.07) is 2.46. The average molecular weight is 239 g/mol. The van der Waals surface area contributed by atoms with Crippen molar-refractivity contribution in [3.63, 3.8) is 0 Å². The highest BCUT2D eigenvalue weighted by Gasteiger charge is 2.07. The summed E-state index contributed by atoms with van der Waals surface area (Å²) in [6.45, 7) is 10.9. The first-order valence-electron chi connectivity index (χ1n) is 6.46. The molecule has 0 aromatic carbocycles. The summed E-state index contributed by atoms with van der Waals surface area (Å²) in [5.41, 5.74) is 1.15. The summed E-state index contributed by atoms with van der Waals surface area (Å²) in [6.07, 6.45) is 2.84. The van der Waals surface area contributed by atoms with Crippen LogP contribution in [0.15, 0.2) is 16.7 Å². The fraction of sp³-hybridized carbons (Fsp3) is 0.714. The molecule has 0 saturated heterocycles. The minimum atomic E-state index is 0.467. The summed E-state index contributed by atoms with van der Waals surface area (Å²) in [5, 5.41) is 3.35. The molecule has 0 bridgehead atoms. The third-order valence-corrected chi connectivity index (χ3v) is 2.61. The maximum atomic E-state index is 5.65. The van der Waals surface area contributed by atoms with Gasteiger partial charge in [-0.1, -0.05) is 27.7 Å². The van der Waals surface area contributed by atoms with Gasteiger partial charge in [-0.3, -0.25) is 0 Å². The molecular weight excluding hydrogens is 214 g/mol. The molecule has 1 rings (SSSR count). The molecule has 17 heavy (non-hydrogen) atoms. The second-order valence-electron chi connectivity index (χ2n) is 5.14. The van der Waals surface area contributed by atoms with Gasteiger partial charge in [-0.15, -0.1) is 0 Å². The summed E-state index contributed by atoms with van der Waals surface area (Å²) < 4.78 is 11.1. The van der Waals surface area contributed by atoms with Crippen molar-refractivity contribution in [2.45, 2.75) is 53.3 Å². The Hall–Kier alpha value is -0.800. The lowest BCUT2D eigenvalue weighted by molar-refractivity contribution is 0.109. The Morgan fingerprint density at radius 2 is 2.06 bits per heavy atom. The minimum Gasteiger partial charge on any atom is -0.468 e. The van der Waals surface area contributed by atoms with Crippen LogP contribution in [0.25, 0.3) is 0 Å². The van der Waals surface area contributed by atoms with Crippen molar-refractivity contribution in [3.05, 3.63) is 23.7 Å². The van der Waals surface area contributed by atoms with E-state index in [9.17, 15) is 0 Å². The van der Waals surface area contributed by atoms with E-state index in [0.717, 1.165) is 30.9 Å². The number of hydrogen-bond donors (Lipinski definition) is 1. The van der Waals surface area contributed by atoms with E-state index in [4.69, 9.17) is 9.15 Å². The molecule has 1 aromatic heterocycles. The van der Waals surface area contributed by atoms with Crippen LogP contribution >= 0.6 is 0 Å². The lowest BCUT2D eigenvalue weighted by atomic mass is 10.1. The molecule has 0 unspecified atom stereocenters. The van der Waals surface area contributed by atoms with Gasteiger partial charge in [0.05, 0.1) is 19.4 Å². The van der Waals surface area contributed by atoms with Crippen LogP contribution in [0.5, 0.6) is 0 Å². The highest BCUT2D eigenvalue weighted by Crippen LogP contribution is 2.12. The topological polar surface area (TPSA) is 34.4 Å². The van der Waals surface area contributed by atoms with Crippen LogP contribution in [-0.4, -0.2) is 12.6 Å². The Morgan fingerprint density at radius 3 is 2.71 bits per heavy atom. The predicted octanol–water partition coefficient (Wildman–Crippen LogP) is 3.34. The van der Waals surface area contributed by atoms with Gasteiger partial charge in [0.1, 0.15) is 5.76 Å². The Morgan fingerprint density at radius 1 is 1.29 bits per heavy atom. The van der Waals surface area contributed by atoms with Gasteiger partial charge in [0, 0.05) is 18.2 Å². The molecule has 0 fully saturated rings. The first kappa shape index (κ1) is 14.3. The van der Waals surface area contributed by atoms with Crippen LogP contribution in [0.2, 0.25) is 0 Å². The fourth-order valence-electron chi connectivity index (χ4n) is 1.45. The lowest BCUT2D eigenvalue weighted by Crippen LogP contribution is -2.22. The zero-order chi connectivity index (χ0) is 12.7. The Labute approximate surface area is 105 Å². The fourth-order valence-corrected chi connectivity index (χ4v) is 1.45. The van der Waals surface area contributed by atoms with Crippen molar-refractivity contribution in [2.24, 2.45) is 5.92 Å². The van der Waals surface area contributed by atoms with E-state index in [1.165, 1.54) is 0 Å². The molecular formula is C14H25NO2. The standard InChI is InChI=1S/C14H25NO2/c1-11(2)5-7-16-10-13-6-8-17-14(13)9-15-12(3)4/h6,8,11-12,15H,5,7,9-10H2,1-4H3. The highest BCUT2D eigenvalue weighted by molar-refractivity contribution is 5.15. The van der Waals surface area contributed by atoms with Crippen molar-refractivity contribution in [1.29, 1.82) is 0 Å². The molecule has 0 atom stereocenters. The molecule has 98 valence electrons. The van der Waals surface area contributed by atoms with E-state index in [0.29, 0.717) is 18.6 Å². The maximum absolute atomic E-state index is 5.65. The van der Waals surface area contributed by atoms with Crippen molar-refractivity contribution < 1.29 is 9.15 Å². The third-order valence-electron chi connectivity index (χ3n) is 2.61. The second kappa shape index (κ2) is 7.51.